The van der Waals surface area contributed by atoms with Crippen molar-refractivity contribution < 1.29 is 0 Å². The quantitative estimate of drug-likeness (QED) is 0.483. The summed E-state index contributed by atoms with van der Waals surface area (Å²) in [6, 6.07) is 1.18. The Hall–Kier alpha value is -0.0400. The second-order valence-corrected chi connectivity index (χ2v) is 2.02. The van der Waals surface area contributed by atoms with Gasteiger partial charge in [-0.3, -0.25) is 0 Å². The Labute approximate surface area is 44.9 Å². The first-order valence-electron chi connectivity index (χ1n) is 2.81. The summed E-state index contributed by atoms with van der Waals surface area (Å²) in [5.41, 5.74) is 5.53. The zero-order valence-corrected chi connectivity index (χ0v) is 4.48. The predicted octanol–water partition coefficient (Wildman–Crippen LogP) is 1.26. The fourth-order valence-electron chi connectivity index (χ4n) is 0.844. The molecule has 0 atom stereocenters. The number of hydrogen-bond donors (Lipinski definition) is 1. The van der Waals surface area contributed by atoms with Crippen LogP contribution >= 0.6 is 0 Å². The van der Waals surface area contributed by atoms with E-state index in [9.17, 15) is 0 Å². The van der Waals surface area contributed by atoms with Crippen molar-refractivity contribution in [1.29, 1.82) is 0 Å². The molecule has 1 rings (SSSR count). The monoisotopic (exact) mass is 97.1 g/mol. The molecule has 2 radical (unpaired) electrons. The average Bonchev–Trinajstić information content (AvgIpc) is 1.69. The first-order chi connectivity index (χ1) is 3.39. The molecule has 0 aliphatic heterocycles. The first-order valence-corrected chi connectivity index (χ1v) is 2.81. The van der Waals surface area contributed by atoms with Gasteiger partial charge in [0.2, 0.25) is 0 Å². The van der Waals surface area contributed by atoms with Crippen LogP contribution in [-0.4, -0.2) is 0 Å². The van der Waals surface area contributed by atoms with Crippen molar-refractivity contribution in [3.63, 3.8) is 0 Å². The first kappa shape index (κ1) is 5.10. The molecule has 0 aromatic rings. The molecule has 0 spiro atoms. The molecular formula is C6H11N. The average molecular weight is 97.2 g/mol. The van der Waals surface area contributed by atoms with E-state index in [1.165, 1.54) is 18.9 Å². The molecule has 0 aromatic heterocycles. The lowest BCUT2D eigenvalue weighted by molar-refractivity contribution is 0.620. The number of hydrogen-bond acceptors (Lipinski definition) is 1. The maximum Gasteiger partial charge on any atom is 0.0337 e. The smallest absolute Gasteiger partial charge is 0.0337 e. The molecule has 1 aliphatic rings. The topological polar surface area (TPSA) is 26.0 Å². The van der Waals surface area contributed by atoms with Crippen LogP contribution in [0.25, 0.3) is 0 Å². The van der Waals surface area contributed by atoms with E-state index in [4.69, 9.17) is 5.73 Å². The molecule has 0 aromatic carbocycles. The summed E-state index contributed by atoms with van der Waals surface area (Å²) >= 11 is 0. The molecular weight excluding hydrogens is 86.1 g/mol. The summed E-state index contributed by atoms with van der Waals surface area (Å²) in [7, 11) is 0. The third-order valence-corrected chi connectivity index (χ3v) is 1.34. The van der Waals surface area contributed by atoms with Gasteiger partial charge in [-0.15, -0.1) is 0 Å². The van der Waals surface area contributed by atoms with Crippen molar-refractivity contribution >= 4 is 0 Å². The maximum absolute atomic E-state index is 5.53. The van der Waals surface area contributed by atoms with Gasteiger partial charge in [0.25, 0.3) is 0 Å². The molecule has 1 heteroatoms. The van der Waals surface area contributed by atoms with Crippen molar-refractivity contribution in [2.45, 2.75) is 25.7 Å². The standard InChI is InChI=1S/C6H11N/c7-6-4-2-1-3-5-6/h1H,2-5,7H2. The molecule has 1 aliphatic carbocycles. The lowest BCUT2D eigenvalue weighted by Crippen LogP contribution is -2.12. The van der Waals surface area contributed by atoms with E-state index in [0.29, 0.717) is 0 Å². The van der Waals surface area contributed by atoms with Crippen molar-refractivity contribution in [3.05, 3.63) is 12.5 Å². The van der Waals surface area contributed by atoms with Crippen LogP contribution in [0.3, 0.4) is 0 Å². The summed E-state index contributed by atoms with van der Waals surface area (Å²) in [6.07, 6.45) is 6.95. The summed E-state index contributed by atoms with van der Waals surface area (Å²) in [5.74, 6) is 0. The zero-order chi connectivity index (χ0) is 5.11. The van der Waals surface area contributed by atoms with Crippen LogP contribution in [0, 0.1) is 12.5 Å². The summed E-state index contributed by atoms with van der Waals surface area (Å²) in [6.45, 7) is 0. The van der Waals surface area contributed by atoms with Gasteiger partial charge in [0.1, 0.15) is 0 Å². The van der Waals surface area contributed by atoms with Gasteiger partial charge in [0.15, 0.2) is 0 Å². The van der Waals surface area contributed by atoms with Crippen LogP contribution < -0.4 is 5.73 Å². The highest BCUT2D eigenvalue weighted by Crippen LogP contribution is 2.19. The number of nitrogens with two attached hydrogens (primary N) is 1. The molecule has 0 bridgehead atoms. The van der Waals surface area contributed by atoms with Crippen LogP contribution in [-0.2, 0) is 0 Å². The maximum atomic E-state index is 5.53. The summed E-state index contributed by atoms with van der Waals surface area (Å²) in [5, 5.41) is 0. The van der Waals surface area contributed by atoms with Gasteiger partial charge in [-0.1, -0.05) is 0 Å². The summed E-state index contributed by atoms with van der Waals surface area (Å²) < 4.78 is 0. The zero-order valence-electron chi connectivity index (χ0n) is 4.48. The van der Waals surface area contributed by atoms with Gasteiger partial charge >= 0.3 is 0 Å². The normalized spacial score (nSPS) is 25.3. The lowest BCUT2D eigenvalue weighted by atomic mass is 9.97. The van der Waals surface area contributed by atoms with Gasteiger partial charge in [-0.2, -0.15) is 0 Å². The Morgan fingerprint density at radius 2 is 1.86 bits per heavy atom. The molecule has 1 fully saturated rings. The van der Waals surface area contributed by atoms with E-state index in [1.807, 2.05) is 0 Å². The van der Waals surface area contributed by atoms with Crippen LogP contribution in [0.5, 0.6) is 0 Å². The van der Waals surface area contributed by atoms with Crippen molar-refractivity contribution in [3.8, 4) is 0 Å². The Bertz CT molecular complexity index is 46.1. The fourth-order valence-corrected chi connectivity index (χ4v) is 0.844. The van der Waals surface area contributed by atoms with Gasteiger partial charge in [0.05, 0.1) is 0 Å². The highest BCUT2D eigenvalue weighted by molar-refractivity contribution is 4.91. The highest BCUT2D eigenvalue weighted by Gasteiger charge is 2.07. The lowest BCUT2D eigenvalue weighted by Gasteiger charge is -2.14. The Kier molecular flexibility index (Phi) is 1.69. The molecule has 0 unspecified atom stereocenters. The van der Waals surface area contributed by atoms with E-state index < -0.39 is 0 Å². The Morgan fingerprint density at radius 1 is 1.29 bits per heavy atom. The number of rotatable bonds is 0. The van der Waals surface area contributed by atoms with E-state index in [2.05, 4.69) is 6.42 Å². The van der Waals surface area contributed by atoms with E-state index >= 15 is 0 Å². The molecule has 0 heterocycles. The van der Waals surface area contributed by atoms with E-state index in [0.717, 1.165) is 12.8 Å². The highest BCUT2D eigenvalue weighted by atomic mass is 14.6. The molecule has 7 heavy (non-hydrogen) atoms. The Morgan fingerprint density at radius 3 is 2.14 bits per heavy atom. The van der Waals surface area contributed by atoms with E-state index in [1.54, 1.807) is 0 Å². The van der Waals surface area contributed by atoms with Crippen LogP contribution in [0.15, 0.2) is 0 Å². The summed E-state index contributed by atoms with van der Waals surface area (Å²) in [4.78, 5) is 0. The second kappa shape index (κ2) is 2.31. The fraction of sp³-hybridized carbons (Fsp3) is 0.667. The largest absolute Gasteiger partial charge is 0.324 e. The minimum Gasteiger partial charge on any atom is -0.324 e. The van der Waals surface area contributed by atoms with Crippen molar-refractivity contribution in [2.24, 2.45) is 5.73 Å². The Balaban J connectivity index is 2.12. The molecule has 1 nitrogen and oxygen atoms in total. The van der Waals surface area contributed by atoms with Crippen LogP contribution in [0.4, 0.5) is 0 Å². The van der Waals surface area contributed by atoms with Gasteiger partial charge < -0.3 is 5.73 Å². The van der Waals surface area contributed by atoms with Gasteiger partial charge in [-0.25, -0.2) is 0 Å². The molecule has 1 saturated carbocycles. The third kappa shape index (κ3) is 1.48. The van der Waals surface area contributed by atoms with Crippen LogP contribution in [0.2, 0.25) is 0 Å². The van der Waals surface area contributed by atoms with Gasteiger partial charge in [-0.05, 0) is 32.1 Å². The molecule has 2 N–H and O–H groups in total. The minimum absolute atomic E-state index is 1.12. The third-order valence-electron chi connectivity index (χ3n) is 1.34. The van der Waals surface area contributed by atoms with E-state index in [-0.39, 0.29) is 0 Å². The molecule has 0 amide bonds. The second-order valence-electron chi connectivity index (χ2n) is 2.02. The molecule has 0 saturated heterocycles. The van der Waals surface area contributed by atoms with Crippen molar-refractivity contribution in [1.82, 2.24) is 0 Å². The molecule has 40 valence electrons. The minimum atomic E-state index is 1.12. The van der Waals surface area contributed by atoms with Crippen LogP contribution in [0.1, 0.15) is 25.7 Å². The van der Waals surface area contributed by atoms with Gasteiger partial charge in [0, 0.05) is 6.04 Å². The predicted molar refractivity (Wildman–Crippen MR) is 30.2 cm³/mol. The van der Waals surface area contributed by atoms with Crippen molar-refractivity contribution in [2.75, 3.05) is 0 Å². The SMILES string of the molecule is N[C]1CC[CH]CC1.